The summed E-state index contributed by atoms with van der Waals surface area (Å²) in [4.78, 5) is 40.0. The van der Waals surface area contributed by atoms with Crippen molar-refractivity contribution in [2.75, 3.05) is 47.5 Å². The highest BCUT2D eigenvalue weighted by molar-refractivity contribution is 5.91. The highest BCUT2D eigenvalue weighted by atomic mass is 19.1. The molecule has 43 heavy (non-hydrogen) atoms. The Labute approximate surface area is 246 Å². The van der Waals surface area contributed by atoms with E-state index in [0.717, 1.165) is 12.8 Å². The van der Waals surface area contributed by atoms with Crippen LogP contribution in [0.1, 0.15) is 37.9 Å². The zero-order chi connectivity index (χ0) is 30.4. The first-order valence-corrected chi connectivity index (χ1v) is 14.2. The van der Waals surface area contributed by atoms with Gasteiger partial charge in [0, 0.05) is 55.5 Å². The van der Waals surface area contributed by atoms with Crippen LogP contribution in [-0.2, 0) is 14.3 Å². The van der Waals surface area contributed by atoms with Gasteiger partial charge in [-0.25, -0.2) is 18.4 Å². The molecule has 2 aromatic carbocycles. The Bertz CT molecular complexity index is 1500. The maximum atomic E-state index is 15.3. The maximum Gasteiger partial charge on any atom is 0.414 e. The smallest absolute Gasteiger partial charge is 0.414 e. The summed E-state index contributed by atoms with van der Waals surface area (Å²) in [5.41, 5.74) is 1.32. The summed E-state index contributed by atoms with van der Waals surface area (Å²) in [6, 6.07) is 7.22. The number of amides is 2. The van der Waals surface area contributed by atoms with Gasteiger partial charge in [-0.2, -0.15) is 0 Å². The summed E-state index contributed by atoms with van der Waals surface area (Å²) in [7, 11) is 0. The number of hydrogen-bond acceptors (Lipinski definition) is 8. The number of benzene rings is 2. The first-order valence-electron chi connectivity index (χ1n) is 14.2. The van der Waals surface area contributed by atoms with Crippen LogP contribution >= 0.6 is 0 Å². The molecule has 6 rings (SSSR count). The van der Waals surface area contributed by atoms with Gasteiger partial charge in [0.2, 0.25) is 5.91 Å². The second-order valence-corrected chi connectivity index (χ2v) is 11.4. The molecule has 11 nitrogen and oxygen atoms in total. The van der Waals surface area contributed by atoms with Gasteiger partial charge in [-0.3, -0.25) is 9.69 Å². The number of nitrogens with one attached hydrogen (secondary N) is 1. The van der Waals surface area contributed by atoms with Gasteiger partial charge >= 0.3 is 12.1 Å². The lowest BCUT2D eigenvalue weighted by Crippen LogP contribution is -2.33. The van der Waals surface area contributed by atoms with E-state index in [2.05, 4.69) is 5.32 Å². The Morgan fingerprint density at radius 2 is 1.88 bits per heavy atom. The number of hydrogen-bond donors (Lipinski definition) is 3. The third kappa shape index (κ3) is 5.81. The second-order valence-electron chi connectivity index (χ2n) is 11.4. The van der Waals surface area contributed by atoms with Crippen LogP contribution in [0.4, 0.5) is 30.6 Å². The number of aliphatic hydroxyl groups excluding tert-OH is 1. The number of aliphatic hydroxyl groups is 1. The average Bonchev–Trinajstić information content (AvgIpc) is 3.58. The lowest BCUT2D eigenvalue weighted by molar-refractivity contribution is -0.133. The molecule has 2 amide bonds. The van der Waals surface area contributed by atoms with Crippen LogP contribution in [0.3, 0.4) is 0 Å². The van der Waals surface area contributed by atoms with Gasteiger partial charge in [0.1, 0.15) is 18.0 Å². The zero-order valence-electron chi connectivity index (χ0n) is 23.5. The van der Waals surface area contributed by atoms with Crippen molar-refractivity contribution in [2.45, 2.75) is 44.4 Å². The second kappa shape index (κ2) is 11.4. The Morgan fingerprint density at radius 3 is 2.58 bits per heavy atom. The van der Waals surface area contributed by atoms with E-state index in [1.54, 1.807) is 12.1 Å². The highest BCUT2D eigenvalue weighted by Gasteiger charge is 2.38. The third-order valence-electron chi connectivity index (χ3n) is 8.21. The van der Waals surface area contributed by atoms with Gasteiger partial charge in [0.05, 0.1) is 36.6 Å². The molecular weight excluding hydrogens is 566 g/mol. The van der Waals surface area contributed by atoms with Gasteiger partial charge in [0.25, 0.3) is 0 Å². The first kappa shape index (κ1) is 28.7. The molecule has 3 aliphatic heterocycles. The minimum Gasteiger partial charge on any atom is -0.490 e. The first-order chi connectivity index (χ1) is 20.6. The largest absolute Gasteiger partial charge is 0.490 e. The van der Waals surface area contributed by atoms with E-state index in [-0.39, 0.29) is 54.4 Å². The number of nitrogens with zero attached hydrogens (tertiary/aromatic N) is 3. The average molecular weight is 599 g/mol. The quantitative estimate of drug-likeness (QED) is 0.398. The van der Waals surface area contributed by atoms with Gasteiger partial charge in [-0.1, -0.05) is 0 Å². The minimum absolute atomic E-state index is 0.0127. The standard InChI is InChI=1S/C30H32F2N4O7/c1-16(37)33-11-20-13-36(30(41)43-20)19-4-5-27(24(32)8-19)42-15-17-6-7-34(12-17)26-10-25-21(9-23(26)31)28(38)22(29(39)40)14-35(25)18-2-3-18/h4-5,8-10,14,17-18,20,28,38H,2-3,6-7,11-13,15H2,1H3,(H,33,37)(H,39,40)/t17-,20+,28?/m1/s1. The lowest BCUT2D eigenvalue weighted by atomic mass is 9.95. The number of carbonyl (C=O) groups excluding carboxylic acids is 2. The van der Waals surface area contributed by atoms with Crippen molar-refractivity contribution in [3.8, 4) is 5.75 Å². The number of ether oxygens (including phenoxy) is 2. The molecule has 2 saturated heterocycles. The summed E-state index contributed by atoms with van der Waals surface area (Å²) in [5, 5.41) is 22.8. The number of carbonyl (C=O) groups is 3. The number of anilines is 3. The lowest BCUT2D eigenvalue weighted by Gasteiger charge is -2.33. The molecule has 3 heterocycles. The maximum absolute atomic E-state index is 15.3. The molecule has 0 radical (unpaired) electrons. The van der Waals surface area contributed by atoms with Crippen molar-refractivity contribution >= 4 is 35.0 Å². The molecule has 1 aliphatic carbocycles. The topological polar surface area (TPSA) is 132 Å². The third-order valence-corrected chi connectivity index (χ3v) is 8.21. The molecule has 1 saturated carbocycles. The van der Waals surface area contributed by atoms with Crippen molar-refractivity contribution < 1.29 is 42.9 Å². The van der Waals surface area contributed by atoms with Gasteiger partial charge in [0.15, 0.2) is 11.6 Å². The molecule has 0 aromatic heterocycles. The summed E-state index contributed by atoms with van der Waals surface area (Å²) >= 11 is 0. The van der Waals surface area contributed by atoms with Crippen LogP contribution in [-0.4, -0.2) is 73.1 Å². The number of halogens is 2. The van der Waals surface area contributed by atoms with Crippen LogP contribution in [0.2, 0.25) is 0 Å². The molecule has 0 bridgehead atoms. The Hall–Kier alpha value is -4.39. The normalized spacial score (nSPS) is 23.2. The molecule has 3 atom stereocenters. The van der Waals surface area contributed by atoms with E-state index in [1.807, 2.05) is 9.80 Å². The van der Waals surface area contributed by atoms with Crippen LogP contribution in [0.15, 0.2) is 42.1 Å². The van der Waals surface area contributed by atoms with E-state index in [0.29, 0.717) is 36.6 Å². The molecule has 0 spiro atoms. The number of aliphatic carboxylic acids is 1. The molecule has 13 heteroatoms. The number of carboxylic acid groups (broad SMARTS) is 1. The van der Waals surface area contributed by atoms with Crippen molar-refractivity contribution in [2.24, 2.45) is 5.92 Å². The van der Waals surface area contributed by atoms with Crippen molar-refractivity contribution in [1.29, 1.82) is 0 Å². The number of cyclic esters (lactones) is 1. The van der Waals surface area contributed by atoms with Crippen LogP contribution in [0.25, 0.3) is 0 Å². The Kier molecular flexibility index (Phi) is 7.59. The molecule has 2 aromatic rings. The minimum atomic E-state index is -1.42. The molecular formula is C30H32F2N4O7. The molecule has 3 fully saturated rings. The predicted molar refractivity (Wildman–Crippen MR) is 151 cm³/mol. The van der Waals surface area contributed by atoms with Crippen LogP contribution in [0, 0.1) is 17.6 Å². The highest BCUT2D eigenvalue weighted by Crippen LogP contribution is 2.45. The van der Waals surface area contributed by atoms with E-state index < -0.39 is 35.9 Å². The van der Waals surface area contributed by atoms with Crippen LogP contribution < -0.4 is 24.8 Å². The van der Waals surface area contributed by atoms with Crippen LogP contribution in [0.5, 0.6) is 5.75 Å². The predicted octanol–water partition coefficient (Wildman–Crippen LogP) is 3.32. The molecule has 1 unspecified atom stereocenters. The number of rotatable bonds is 9. The monoisotopic (exact) mass is 598 g/mol. The summed E-state index contributed by atoms with van der Waals surface area (Å²) in [5.74, 6) is -2.66. The van der Waals surface area contributed by atoms with Crippen molar-refractivity contribution in [3.63, 3.8) is 0 Å². The summed E-state index contributed by atoms with van der Waals surface area (Å²) in [6.07, 6.45) is 1.31. The SMILES string of the molecule is CC(=O)NC[C@H]1CN(c2ccc(OC[C@@H]3CCN(c4cc5c(cc4F)C(O)C(C(=O)O)=CN5C4CC4)C3)c(F)c2)C(=O)O1. The van der Waals surface area contributed by atoms with E-state index in [4.69, 9.17) is 9.47 Å². The summed E-state index contributed by atoms with van der Waals surface area (Å²) < 4.78 is 41.3. The molecule has 228 valence electrons. The van der Waals surface area contributed by atoms with E-state index in [9.17, 15) is 29.0 Å². The number of fused-ring (bicyclic) bond motifs is 1. The van der Waals surface area contributed by atoms with E-state index >= 15 is 4.39 Å². The Balaban J connectivity index is 1.09. The van der Waals surface area contributed by atoms with Gasteiger partial charge in [-0.15, -0.1) is 0 Å². The fourth-order valence-electron chi connectivity index (χ4n) is 5.80. The Morgan fingerprint density at radius 1 is 1.09 bits per heavy atom. The van der Waals surface area contributed by atoms with Crippen molar-refractivity contribution in [1.82, 2.24) is 5.32 Å². The fourth-order valence-corrected chi connectivity index (χ4v) is 5.80. The molecule has 3 N–H and O–H groups in total. The van der Waals surface area contributed by atoms with Gasteiger partial charge < -0.3 is 34.8 Å². The zero-order valence-corrected chi connectivity index (χ0v) is 23.5. The van der Waals surface area contributed by atoms with Gasteiger partial charge in [-0.05, 0) is 43.5 Å². The van der Waals surface area contributed by atoms with Crippen molar-refractivity contribution in [3.05, 3.63) is 59.3 Å². The summed E-state index contributed by atoms with van der Waals surface area (Å²) in [6.45, 7) is 2.91. The fraction of sp³-hybridized carbons (Fsp3) is 0.433. The molecule has 4 aliphatic rings. The number of carboxylic acids is 1. The van der Waals surface area contributed by atoms with E-state index in [1.165, 1.54) is 36.2 Å².